The van der Waals surface area contributed by atoms with Gasteiger partial charge in [0.2, 0.25) is 0 Å². The van der Waals surface area contributed by atoms with Crippen LogP contribution in [0, 0.1) is 13.8 Å². The molecule has 0 saturated heterocycles. The van der Waals surface area contributed by atoms with Crippen LogP contribution in [0.1, 0.15) is 11.1 Å². The molecule has 1 atom stereocenters. The molecule has 0 amide bonds. The van der Waals surface area contributed by atoms with E-state index in [1.165, 1.54) is 0 Å². The molecule has 0 saturated carbocycles. The van der Waals surface area contributed by atoms with Crippen LogP contribution in [0.5, 0.6) is 11.5 Å². The highest BCUT2D eigenvalue weighted by atomic mass is 31.2. The first-order valence-corrected chi connectivity index (χ1v) is 7.38. The number of rotatable bonds is 0. The van der Waals surface area contributed by atoms with Crippen LogP contribution in [0.4, 0.5) is 0 Å². The Hall–Kier alpha value is -1.57. The Morgan fingerprint density at radius 3 is 2.67 bits per heavy atom. The van der Waals surface area contributed by atoms with Gasteiger partial charge in [-0.3, -0.25) is 4.57 Å². The monoisotopic (exact) mass is 260 g/mol. The zero-order chi connectivity index (χ0) is 12.9. The van der Waals surface area contributed by atoms with E-state index in [4.69, 9.17) is 4.74 Å². The van der Waals surface area contributed by atoms with E-state index in [-0.39, 0.29) is 0 Å². The number of aryl methyl sites for hydroxylation is 2. The number of hydrogen-bond acceptors (Lipinski definition) is 2. The Balaban J connectivity index is 2.33. The third-order valence-electron chi connectivity index (χ3n) is 3.17. The molecule has 1 aliphatic rings. The van der Waals surface area contributed by atoms with E-state index in [1.54, 1.807) is 24.3 Å². The van der Waals surface area contributed by atoms with Crippen molar-refractivity contribution in [3.8, 4) is 11.5 Å². The predicted octanol–water partition coefficient (Wildman–Crippen LogP) is 2.63. The molecular formula is C14H13O3P. The molecule has 0 bridgehead atoms. The fourth-order valence-corrected chi connectivity index (χ4v) is 4.04. The molecule has 4 heteroatoms. The Bertz CT molecular complexity index is 685. The molecule has 92 valence electrons. The quantitative estimate of drug-likeness (QED) is 0.741. The number of para-hydroxylation sites is 1. The van der Waals surface area contributed by atoms with Crippen LogP contribution in [-0.2, 0) is 4.57 Å². The van der Waals surface area contributed by atoms with Gasteiger partial charge in [-0.05, 0) is 37.6 Å². The highest BCUT2D eigenvalue weighted by molar-refractivity contribution is 7.74. The Morgan fingerprint density at radius 1 is 1.11 bits per heavy atom. The van der Waals surface area contributed by atoms with Gasteiger partial charge < -0.3 is 9.63 Å². The average Bonchev–Trinajstić information content (AvgIpc) is 2.32. The van der Waals surface area contributed by atoms with Gasteiger partial charge in [0.05, 0.1) is 10.6 Å². The lowest BCUT2D eigenvalue weighted by atomic mass is 10.2. The first-order chi connectivity index (χ1) is 8.50. The van der Waals surface area contributed by atoms with Gasteiger partial charge in [0, 0.05) is 0 Å². The molecule has 1 N–H and O–H groups in total. The first-order valence-electron chi connectivity index (χ1n) is 5.72. The fraction of sp³-hybridized carbons (Fsp3) is 0.143. The molecular weight excluding hydrogens is 247 g/mol. The molecule has 2 aromatic carbocycles. The average molecular weight is 260 g/mol. The highest BCUT2D eigenvalue weighted by Crippen LogP contribution is 2.49. The van der Waals surface area contributed by atoms with Crippen molar-refractivity contribution in [2.24, 2.45) is 0 Å². The summed E-state index contributed by atoms with van der Waals surface area (Å²) in [7, 11) is -3.55. The number of hydrogen-bond donors (Lipinski definition) is 1. The normalized spacial score (nSPS) is 20.8. The van der Waals surface area contributed by atoms with Crippen molar-refractivity contribution >= 4 is 18.0 Å². The summed E-state index contributed by atoms with van der Waals surface area (Å²) in [5, 5.41) is 0.779. The van der Waals surface area contributed by atoms with Gasteiger partial charge >= 0.3 is 0 Å². The zero-order valence-corrected chi connectivity index (χ0v) is 11.1. The molecule has 18 heavy (non-hydrogen) atoms. The second kappa shape index (κ2) is 3.71. The summed E-state index contributed by atoms with van der Waals surface area (Å²) < 4.78 is 18.4. The molecule has 2 aromatic rings. The molecule has 0 aliphatic carbocycles. The minimum atomic E-state index is -3.55. The molecule has 0 spiro atoms. The predicted molar refractivity (Wildman–Crippen MR) is 71.5 cm³/mol. The molecule has 1 heterocycles. The fourth-order valence-electron chi connectivity index (χ4n) is 2.20. The minimum absolute atomic E-state index is 0.389. The van der Waals surface area contributed by atoms with E-state index in [1.807, 2.05) is 26.0 Å². The van der Waals surface area contributed by atoms with E-state index < -0.39 is 7.37 Å². The van der Waals surface area contributed by atoms with Gasteiger partial charge in [0.25, 0.3) is 7.37 Å². The topological polar surface area (TPSA) is 46.5 Å². The van der Waals surface area contributed by atoms with Crippen molar-refractivity contribution in [3.05, 3.63) is 47.5 Å². The summed E-state index contributed by atoms with van der Waals surface area (Å²) >= 11 is 0. The summed E-state index contributed by atoms with van der Waals surface area (Å²) in [6.07, 6.45) is 0. The van der Waals surface area contributed by atoms with Crippen molar-refractivity contribution in [2.45, 2.75) is 13.8 Å². The second-order valence-corrected chi connectivity index (χ2v) is 6.69. The lowest BCUT2D eigenvalue weighted by molar-refractivity contribution is 0.463. The summed E-state index contributed by atoms with van der Waals surface area (Å²) in [5.74, 6) is 0.993. The number of ether oxygens (including phenoxy) is 1. The third-order valence-corrected chi connectivity index (χ3v) is 5.18. The van der Waals surface area contributed by atoms with Crippen LogP contribution >= 0.6 is 7.37 Å². The van der Waals surface area contributed by atoms with Crippen LogP contribution in [0.15, 0.2) is 36.4 Å². The number of fused-ring (bicyclic) bond motifs is 2. The lowest BCUT2D eigenvalue weighted by Crippen LogP contribution is -2.24. The Morgan fingerprint density at radius 2 is 1.89 bits per heavy atom. The van der Waals surface area contributed by atoms with E-state index in [0.717, 1.165) is 11.1 Å². The molecule has 3 rings (SSSR count). The van der Waals surface area contributed by atoms with Crippen molar-refractivity contribution in [1.82, 2.24) is 0 Å². The van der Waals surface area contributed by atoms with Gasteiger partial charge in [0.1, 0.15) is 11.5 Å². The summed E-state index contributed by atoms with van der Waals surface area (Å²) in [4.78, 5) is 10.4. The van der Waals surface area contributed by atoms with E-state index in [2.05, 4.69) is 0 Å². The summed E-state index contributed by atoms with van der Waals surface area (Å²) in [5.41, 5.74) is 1.82. The minimum Gasteiger partial charge on any atom is -0.455 e. The maximum absolute atomic E-state index is 12.7. The number of benzene rings is 2. The molecule has 3 nitrogen and oxygen atoms in total. The maximum Gasteiger partial charge on any atom is 0.266 e. The largest absolute Gasteiger partial charge is 0.455 e. The molecule has 0 radical (unpaired) electrons. The highest BCUT2D eigenvalue weighted by Gasteiger charge is 2.36. The van der Waals surface area contributed by atoms with E-state index >= 15 is 0 Å². The summed E-state index contributed by atoms with van der Waals surface area (Å²) in [6.45, 7) is 3.77. The van der Waals surface area contributed by atoms with Gasteiger partial charge in [-0.25, -0.2) is 0 Å². The van der Waals surface area contributed by atoms with Crippen molar-refractivity contribution in [1.29, 1.82) is 0 Å². The third kappa shape index (κ3) is 1.52. The van der Waals surface area contributed by atoms with Crippen LogP contribution in [0.25, 0.3) is 0 Å². The van der Waals surface area contributed by atoms with Crippen LogP contribution < -0.4 is 15.3 Å². The smallest absolute Gasteiger partial charge is 0.266 e. The molecule has 1 aliphatic heterocycles. The van der Waals surface area contributed by atoms with Crippen molar-refractivity contribution in [2.75, 3.05) is 0 Å². The standard InChI is InChI=1S/C14H13O3P/c1-9-6-7-11-13(8-9)18(15,16)12-5-3-4-10(2)14(12)17-11/h3-8H,1-2H3,(H,15,16). The lowest BCUT2D eigenvalue weighted by Gasteiger charge is -2.26. The summed E-state index contributed by atoms with van der Waals surface area (Å²) in [6, 6.07) is 10.7. The van der Waals surface area contributed by atoms with Crippen LogP contribution in [-0.4, -0.2) is 4.89 Å². The van der Waals surface area contributed by atoms with Crippen molar-refractivity contribution in [3.63, 3.8) is 0 Å². The Kier molecular flexibility index (Phi) is 2.37. The van der Waals surface area contributed by atoms with Gasteiger partial charge in [-0.1, -0.05) is 23.8 Å². The van der Waals surface area contributed by atoms with E-state index in [9.17, 15) is 9.46 Å². The van der Waals surface area contributed by atoms with Crippen LogP contribution in [0.2, 0.25) is 0 Å². The van der Waals surface area contributed by atoms with E-state index in [0.29, 0.717) is 22.1 Å². The van der Waals surface area contributed by atoms with Crippen LogP contribution in [0.3, 0.4) is 0 Å². The van der Waals surface area contributed by atoms with Gasteiger partial charge in [-0.2, -0.15) is 0 Å². The second-order valence-electron chi connectivity index (χ2n) is 4.57. The maximum atomic E-state index is 12.7. The molecule has 0 aromatic heterocycles. The zero-order valence-electron chi connectivity index (χ0n) is 10.2. The van der Waals surface area contributed by atoms with Gasteiger partial charge in [0.15, 0.2) is 0 Å². The SMILES string of the molecule is Cc1ccc2c(c1)P(=O)(O)c1cccc(C)c1O2. The molecule has 0 fully saturated rings. The Labute approximate surface area is 105 Å². The molecule has 1 unspecified atom stereocenters. The van der Waals surface area contributed by atoms with Crippen molar-refractivity contribution < 1.29 is 14.2 Å². The first kappa shape index (κ1) is 11.5. The van der Waals surface area contributed by atoms with Gasteiger partial charge in [-0.15, -0.1) is 0 Å².